The van der Waals surface area contributed by atoms with Gasteiger partial charge in [-0.25, -0.2) is 0 Å². The van der Waals surface area contributed by atoms with Gasteiger partial charge in [-0.2, -0.15) is 5.10 Å². The van der Waals surface area contributed by atoms with E-state index in [4.69, 9.17) is 0 Å². The van der Waals surface area contributed by atoms with Crippen LogP contribution in [0.1, 0.15) is 32.2 Å². The molecule has 1 heterocycles. The van der Waals surface area contributed by atoms with Crippen LogP contribution in [0.25, 0.3) is 0 Å². The van der Waals surface area contributed by atoms with E-state index in [1.807, 2.05) is 18.8 Å². The van der Waals surface area contributed by atoms with Gasteiger partial charge in [0.1, 0.15) is 0 Å². The standard InChI is InChI=1S/C10H19N3/c1-10(2,3)9-6-8(7-11-4)13(5)12-9/h6,11H,7H2,1-5H3. The summed E-state index contributed by atoms with van der Waals surface area (Å²) in [5, 5.41) is 7.61. The van der Waals surface area contributed by atoms with Gasteiger partial charge < -0.3 is 5.32 Å². The highest BCUT2D eigenvalue weighted by Crippen LogP contribution is 2.21. The van der Waals surface area contributed by atoms with Gasteiger partial charge in [0, 0.05) is 19.0 Å². The summed E-state index contributed by atoms with van der Waals surface area (Å²) in [5.41, 5.74) is 2.52. The lowest BCUT2D eigenvalue weighted by Gasteiger charge is -2.13. The SMILES string of the molecule is CNCc1cc(C(C)(C)C)nn1C. The minimum absolute atomic E-state index is 0.143. The van der Waals surface area contributed by atoms with Crippen LogP contribution in [0, 0.1) is 0 Å². The predicted molar refractivity (Wildman–Crippen MR) is 54.7 cm³/mol. The van der Waals surface area contributed by atoms with E-state index in [1.165, 1.54) is 5.69 Å². The molecule has 0 aliphatic rings. The van der Waals surface area contributed by atoms with Crippen molar-refractivity contribution in [3.05, 3.63) is 17.5 Å². The maximum Gasteiger partial charge on any atom is 0.0681 e. The molecule has 1 N–H and O–H groups in total. The lowest BCUT2D eigenvalue weighted by Crippen LogP contribution is -2.12. The molecule has 0 radical (unpaired) electrons. The van der Waals surface area contributed by atoms with Crippen molar-refractivity contribution in [2.45, 2.75) is 32.7 Å². The monoisotopic (exact) mass is 181 g/mol. The van der Waals surface area contributed by atoms with Crippen molar-refractivity contribution in [1.29, 1.82) is 0 Å². The molecule has 1 rings (SSSR count). The van der Waals surface area contributed by atoms with Gasteiger partial charge in [0.05, 0.1) is 11.4 Å². The molecule has 0 saturated heterocycles. The Labute approximate surface area is 80.1 Å². The Kier molecular flexibility index (Phi) is 2.76. The maximum absolute atomic E-state index is 4.48. The van der Waals surface area contributed by atoms with Crippen LogP contribution in [-0.2, 0) is 19.0 Å². The predicted octanol–water partition coefficient (Wildman–Crippen LogP) is 1.44. The minimum atomic E-state index is 0.143. The van der Waals surface area contributed by atoms with Crippen LogP contribution in [0.15, 0.2) is 6.07 Å². The molecule has 0 atom stereocenters. The van der Waals surface area contributed by atoms with Gasteiger partial charge in [-0.15, -0.1) is 0 Å². The summed E-state index contributed by atoms with van der Waals surface area (Å²) in [4.78, 5) is 0. The first-order valence-electron chi connectivity index (χ1n) is 4.63. The smallest absolute Gasteiger partial charge is 0.0681 e. The van der Waals surface area contributed by atoms with Crippen molar-refractivity contribution >= 4 is 0 Å². The summed E-state index contributed by atoms with van der Waals surface area (Å²) in [5.74, 6) is 0. The molecule has 0 aliphatic heterocycles. The lowest BCUT2D eigenvalue weighted by atomic mass is 9.92. The number of aryl methyl sites for hydroxylation is 1. The number of rotatable bonds is 2. The van der Waals surface area contributed by atoms with E-state index in [1.54, 1.807) is 0 Å². The molecule has 0 spiro atoms. The van der Waals surface area contributed by atoms with Gasteiger partial charge in [0.2, 0.25) is 0 Å². The molecule has 3 heteroatoms. The van der Waals surface area contributed by atoms with E-state index in [9.17, 15) is 0 Å². The molecule has 74 valence electrons. The second-order valence-electron chi connectivity index (χ2n) is 4.42. The highest BCUT2D eigenvalue weighted by Gasteiger charge is 2.18. The van der Waals surface area contributed by atoms with Gasteiger partial charge in [0.25, 0.3) is 0 Å². The fourth-order valence-corrected chi connectivity index (χ4v) is 1.22. The van der Waals surface area contributed by atoms with Crippen LogP contribution in [0.4, 0.5) is 0 Å². The van der Waals surface area contributed by atoms with Crippen molar-refractivity contribution in [2.75, 3.05) is 7.05 Å². The Morgan fingerprint density at radius 2 is 2.08 bits per heavy atom. The molecular weight excluding hydrogens is 162 g/mol. The minimum Gasteiger partial charge on any atom is -0.314 e. The van der Waals surface area contributed by atoms with E-state index in [2.05, 4.69) is 37.3 Å². The van der Waals surface area contributed by atoms with E-state index in [-0.39, 0.29) is 5.41 Å². The second-order valence-corrected chi connectivity index (χ2v) is 4.42. The molecule has 0 amide bonds. The van der Waals surface area contributed by atoms with Crippen molar-refractivity contribution < 1.29 is 0 Å². The number of hydrogen-bond acceptors (Lipinski definition) is 2. The Morgan fingerprint density at radius 3 is 2.46 bits per heavy atom. The van der Waals surface area contributed by atoms with Crippen molar-refractivity contribution in [3.63, 3.8) is 0 Å². The zero-order valence-electron chi connectivity index (χ0n) is 9.18. The quantitative estimate of drug-likeness (QED) is 0.748. The molecule has 1 aromatic rings. The van der Waals surface area contributed by atoms with Gasteiger partial charge in [-0.1, -0.05) is 20.8 Å². The summed E-state index contributed by atoms with van der Waals surface area (Å²) in [6.45, 7) is 7.41. The highest BCUT2D eigenvalue weighted by molar-refractivity contribution is 5.17. The van der Waals surface area contributed by atoms with Crippen molar-refractivity contribution in [3.8, 4) is 0 Å². The van der Waals surface area contributed by atoms with Crippen LogP contribution in [0.3, 0.4) is 0 Å². The van der Waals surface area contributed by atoms with Gasteiger partial charge >= 0.3 is 0 Å². The molecule has 0 fully saturated rings. The number of nitrogens with one attached hydrogen (secondary N) is 1. The summed E-state index contributed by atoms with van der Waals surface area (Å²) in [6.07, 6.45) is 0. The number of nitrogens with zero attached hydrogens (tertiary/aromatic N) is 2. The summed E-state index contributed by atoms with van der Waals surface area (Å²) in [6, 6.07) is 2.16. The molecule has 13 heavy (non-hydrogen) atoms. The van der Waals surface area contributed by atoms with Gasteiger partial charge in [0.15, 0.2) is 0 Å². The largest absolute Gasteiger partial charge is 0.314 e. The van der Waals surface area contributed by atoms with E-state index < -0.39 is 0 Å². The normalized spacial score (nSPS) is 12.1. The Hall–Kier alpha value is -0.830. The van der Waals surface area contributed by atoms with Crippen molar-refractivity contribution in [2.24, 2.45) is 7.05 Å². The molecule has 0 unspecified atom stereocenters. The Balaban J connectivity index is 2.95. The first-order chi connectivity index (χ1) is 5.95. The maximum atomic E-state index is 4.48. The third kappa shape index (κ3) is 2.31. The fraction of sp³-hybridized carbons (Fsp3) is 0.700. The number of hydrogen-bond donors (Lipinski definition) is 1. The first-order valence-corrected chi connectivity index (χ1v) is 4.63. The zero-order valence-corrected chi connectivity index (χ0v) is 9.18. The molecule has 0 bridgehead atoms. The molecule has 0 aromatic carbocycles. The Morgan fingerprint density at radius 1 is 1.46 bits per heavy atom. The third-order valence-corrected chi connectivity index (χ3v) is 2.10. The van der Waals surface area contributed by atoms with Crippen molar-refractivity contribution in [1.82, 2.24) is 15.1 Å². The molecule has 0 saturated carbocycles. The van der Waals surface area contributed by atoms with Crippen LogP contribution < -0.4 is 5.32 Å². The topological polar surface area (TPSA) is 29.9 Å². The third-order valence-electron chi connectivity index (χ3n) is 2.10. The van der Waals surface area contributed by atoms with Crippen LogP contribution in [-0.4, -0.2) is 16.8 Å². The molecule has 3 nitrogen and oxygen atoms in total. The zero-order chi connectivity index (χ0) is 10.1. The average molecular weight is 181 g/mol. The molecule has 0 aliphatic carbocycles. The van der Waals surface area contributed by atoms with E-state index in [0.29, 0.717) is 0 Å². The van der Waals surface area contributed by atoms with Gasteiger partial charge in [-0.05, 0) is 13.1 Å². The summed E-state index contributed by atoms with van der Waals surface area (Å²) < 4.78 is 1.94. The second kappa shape index (κ2) is 3.50. The van der Waals surface area contributed by atoms with Crippen LogP contribution in [0.2, 0.25) is 0 Å². The van der Waals surface area contributed by atoms with Crippen LogP contribution >= 0.6 is 0 Å². The molecule has 1 aromatic heterocycles. The summed E-state index contributed by atoms with van der Waals surface area (Å²) >= 11 is 0. The average Bonchev–Trinajstić information content (AvgIpc) is 2.32. The highest BCUT2D eigenvalue weighted by atomic mass is 15.3. The van der Waals surface area contributed by atoms with E-state index in [0.717, 1.165) is 12.2 Å². The first kappa shape index (κ1) is 10.3. The van der Waals surface area contributed by atoms with Crippen LogP contribution in [0.5, 0.6) is 0 Å². The fourth-order valence-electron chi connectivity index (χ4n) is 1.22. The Bertz CT molecular complexity index is 281. The number of aromatic nitrogens is 2. The van der Waals surface area contributed by atoms with E-state index >= 15 is 0 Å². The lowest BCUT2D eigenvalue weighted by molar-refractivity contribution is 0.550. The summed E-state index contributed by atoms with van der Waals surface area (Å²) in [7, 11) is 3.94. The van der Waals surface area contributed by atoms with Gasteiger partial charge in [-0.3, -0.25) is 4.68 Å². The molecular formula is C10H19N3.